The maximum Gasteiger partial charge on any atom is 0.266 e. The molecule has 25 heavy (non-hydrogen) atoms. The van der Waals surface area contributed by atoms with Crippen molar-refractivity contribution in [2.45, 2.75) is 6.92 Å². The molecule has 2 aromatic rings. The van der Waals surface area contributed by atoms with Gasteiger partial charge in [-0.1, -0.05) is 24.3 Å². The lowest BCUT2D eigenvalue weighted by Crippen LogP contribution is -2.14. The average Bonchev–Trinajstić information content (AvgIpc) is 2.60. The van der Waals surface area contributed by atoms with E-state index < -0.39 is 5.91 Å². The van der Waals surface area contributed by atoms with Crippen LogP contribution in [0.15, 0.2) is 52.5 Å². The predicted octanol–water partition coefficient (Wildman–Crippen LogP) is 4.21. The normalized spacial score (nSPS) is 10.5. The average molecular weight is 396 g/mol. The quantitative estimate of drug-likeness (QED) is 0.606. The van der Waals surface area contributed by atoms with Crippen molar-refractivity contribution in [3.63, 3.8) is 0 Å². The van der Waals surface area contributed by atoms with E-state index in [1.807, 2.05) is 37.3 Å². The Balaban J connectivity index is 2.21. The monoisotopic (exact) mass is 395 g/mol. The van der Waals surface area contributed by atoms with E-state index in [4.69, 9.17) is 10.00 Å². The first kappa shape index (κ1) is 18.3. The zero-order valence-corrected chi connectivity index (χ0v) is 15.0. The zero-order chi connectivity index (χ0) is 18.2. The highest BCUT2D eigenvalue weighted by Crippen LogP contribution is 2.27. The van der Waals surface area contributed by atoms with E-state index in [9.17, 15) is 10.1 Å². The van der Waals surface area contributed by atoms with Crippen LogP contribution in [0, 0.1) is 29.6 Å². The molecule has 0 aliphatic rings. The van der Waals surface area contributed by atoms with Crippen LogP contribution in [0.3, 0.4) is 0 Å². The molecule has 0 aliphatic heterocycles. The molecule has 0 radical (unpaired) electrons. The number of anilines is 1. The van der Waals surface area contributed by atoms with Crippen molar-refractivity contribution < 1.29 is 9.53 Å². The zero-order valence-electron chi connectivity index (χ0n) is 13.4. The number of nitrogens with zero attached hydrogens (tertiary/aromatic N) is 2. The minimum atomic E-state index is -0.474. The molecule has 2 rings (SSSR count). The Labute approximate surface area is 154 Å². The highest BCUT2D eigenvalue weighted by molar-refractivity contribution is 9.10. The number of aryl methyl sites for hydroxylation is 1. The van der Waals surface area contributed by atoms with Crippen LogP contribution in [-0.2, 0) is 4.79 Å². The third-order valence-corrected chi connectivity index (χ3v) is 3.94. The van der Waals surface area contributed by atoms with Crippen molar-refractivity contribution in [1.29, 1.82) is 10.5 Å². The van der Waals surface area contributed by atoms with Gasteiger partial charge in [-0.25, -0.2) is 0 Å². The topological polar surface area (TPSA) is 85.9 Å². The first-order chi connectivity index (χ1) is 12.0. The maximum absolute atomic E-state index is 12.3. The molecule has 0 aliphatic carbocycles. The van der Waals surface area contributed by atoms with Gasteiger partial charge in [-0.3, -0.25) is 4.79 Å². The molecule has 0 saturated heterocycles. The molecule has 0 spiro atoms. The Morgan fingerprint density at radius 1 is 1.28 bits per heavy atom. The van der Waals surface area contributed by atoms with Crippen LogP contribution in [0.4, 0.5) is 5.69 Å². The summed E-state index contributed by atoms with van der Waals surface area (Å²) < 4.78 is 5.87. The van der Waals surface area contributed by atoms with Gasteiger partial charge >= 0.3 is 0 Å². The van der Waals surface area contributed by atoms with E-state index in [1.54, 1.807) is 24.3 Å². The Bertz CT molecular complexity index is 908. The highest BCUT2D eigenvalue weighted by atomic mass is 79.9. The van der Waals surface area contributed by atoms with Crippen molar-refractivity contribution in [1.82, 2.24) is 0 Å². The van der Waals surface area contributed by atoms with E-state index in [1.165, 1.54) is 6.08 Å². The Morgan fingerprint density at radius 2 is 2.04 bits per heavy atom. The molecule has 124 valence electrons. The van der Waals surface area contributed by atoms with Gasteiger partial charge in [0.25, 0.3) is 5.91 Å². The van der Waals surface area contributed by atoms with Crippen molar-refractivity contribution in [2.75, 3.05) is 11.9 Å². The third-order valence-electron chi connectivity index (χ3n) is 3.32. The van der Waals surface area contributed by atoms with Gasteiger partial charge in [-0.15, -0.1) is 0 Å². The standard InChI is InChI=1S/C19H14BrN3O2/c1-13-4-2-3-5-17(13)23-19(24)15(12-22)10-14-6-7-18(16(20)11-14)25-9-8-21/h2-7,10-11H,9H2,1H3,(H,23,24)/b15-10-. The SMILES string of the molecule is Cc1ccccc1NC(=O)/C(C#N)=C\c1ccc(OCC#N)c(Br)c1. The number of nitrogens with one attached hydrogen (secondary N) is 1. The summed E-state index contributed by atoms with van der Waals surface area (Å²) in [6, 6.07) is 16.2. The Kier molecular flexibility index (Phi) is 6.33. The van der Waals surface area contributed by atoms with Crippen LogP contribution in [0.2, 0.25) is 0 Å². The van der Waals surface area contributed by atoms with Crippen molar-refractivity contribution in [3.8, 4) is 17.9 Å². The van der Waals surface area contributed by atoms with Crippen LogP contribution in [0.25, 0.3) is 6.08 Å². The molecule has 5 nitrogen and oxygen atoms in total. The first-order valence-corrected chi connectivity index (χ1v) is 8.12. The molecule has 0 heterocycles. The molecular weight excluding hydrogens is 382 g/mol. The van der Waals surface area contributed by atoms with Gasteiger partial charge in [0.05, 0.1) is 4.47 Å². The molecular formula is C19H14BrN3O2. The third kappa shape index (κ3) is 4.94. The molecule has 0 fully saturated rings. The molecule has 0 bridgehead atoms. The molecule has 0 saturated carbocycles. The fourth-order valence-electron chi connectivity index (χ4n) is 2.05. The summed E-state index contributed by atoms with van der Waals surface area (Å²) in [6.07, 6.45) is 1.49. The van der Waals surface area contributed by atoms with Crippen LogP contribution in [0.5, 0.6) is 5.75 Å². The van der Waals surface area contributed by atoms with Crippen LogP contribution >= 0.6 is 15.9 Å². The number of halogens is 1. The number of hydrogen-bond donors (Lipinski definition) is 1. The number of amides is 1. The molecule has 2 aromatic carbocycles. The number of ether oxygens (including phenoxy) is 1. The molecule has 0 unspecified atom stereocenters. The first-order valence-electron chi connectivity index (χ1n) is 7.33. The lowest BCUT2D eigenvalue weighted by molar-refractivity contribution is -0.112. The van der Waals surface area contributed by atoms with Crippen molar-refractivity contribution >= 4 is 33.6 Å². The lowest BCUT2D eigenvalue weighted by Gasteiger charge is -2.08. The van der Waals surface area contributed by atoms with Gasteiger partial charge in [-0.05, 0) is 58.3 Å². The highest BCUT2D eigenvalue weighted by Gasteiger charge is 2.11. The molecule has 0 aromatic heterocycles. The number of hydrogen-bond acceptors (Lipinski definition) is 4. The molecule has 0 atom stereocenters. The van der Waals surface area contributed by atoms with E-state index in [2.05, 4.69) is 21.2 Å². The minimum Gasteiger partial charge on any atom is -0.478 e. The summed E-state index contributed by atoms with van der Waals surface area (Å²) in [4.78, 5) is 12.3. The fraction of sp³-hybridized carbons (Fsp3) is 0.105. The number of carbonyl (C=O) groups is 1. The summed E-state index contributed by atoms with van der Waals surface area (Å²) in [7, 11) is 0. The number of benzene rings is 2. The van der Waals surface area contributed by atoms with E-state index >= 15 is 0 Å². The number of carbonyl (C=O) groups excluding carboxylic acids is 1. The largest absolute Gasteiger partial charge is 0.478 e. The van der Waals surface area contributed by atoms with Gasteiger partial charge in [0.15, 0.2) is 6.61 Å². The summed E-state index contributed by atoms with van der Waals surface area (Å²) in [6.45, 7) is 1.82. The fourth-order valence-corrected chi connectivity index (χ4v) is 2.56. The maximum atomic E-state index is 12.3. The van der Waals surface area contributed by atoms with Gasteiger partial charge in [0.2, 0.25) is 0 Å². The molecule has 6 heteroatoms. The minimum absolute atomic E-state index is 0.0131. The molecule has 1 N–H and O–H groups in total. The van der Waals surface area contributed by atoms with Crippen LogP contribution in [-0.4, -0.2) is 12.5 Å². The van der Waals surface area contributed by atoms with Crippen LogP contribution in [0.1, 0.15) is 11.1 Å². The second kappa shape index (κ2) is 8.68. The van der Waals surface area contributed by atoms with E-state index in [-0.39, 0.29) is 12.2 Å². The smallest absolute Gasteiger partial charge is 0.266 e. The lowest BCUT2D eigenvalue weighted by atomic mass is 10.1. The summed E-state index contributed by atoms with van der Waals surface area (Å²) >= 11 is 3.34. The van der Waals surface area contributed by atoms with E-state index in [0.717, 1.165) is 5.56 Å². The van der Waals surface area contributed by atoms with Gasteiger partial charge in [0.1, 0.15) is 23.5 Å². The Hall–Kier alpha value is -3.09. The second-order valence-corrected chi connectivity index (χ2v) is 5.93. The van der Waals surface area contributed by atoms with Gasteiger partial charge < -0.3 is 10.1 Å². The summed E-state index contributed by atoms with van der Waals surface area (Å²) in [5.74, 6) is 0.0410. The van der Waals surface area contributed by atoms with Gasteiger partial charge in [-0.2, -0.15) is 10.5 Å². The predicted molar refractivity (Wildman–Crippen MR) is 98.6 cm³/mol. The van der Waals surface area contributed by atoms with Gasteiger partial charge in [0, 0.05) is 5.69 Å². The van der Waals surface area contributed by atoms with Crippen LogP contribution < -0.4 is 10.1 Å². The summed E-state index contributed by atoms with van der Waals surface area (Å²) in [5.41, 5.74) is 2.22. The molecule has 1 amide bonds. The second-order valence-electron chi connectivity index (χ2n) is 5.08. The van der Waals surface area contributed by atoms with E-state index in [0.29, 0.717) is 21.5 Å². The van der Waals surface area contributed by atoms with Crippen molar-refractivity contribution in [3.05, 3.63) is 63.6 Å². The number of rotatable bonds is 5. The van der Waals surface area contributed by atoms with Crippen molar-refractivity contribution in [2.24, 2.45) is 0 Å². The number of nitriles is 2. The Morgan fingerprint density at radius 3 is 2.68 bits per heavy atom. The number of para-hydroxylation sites is 1. The summed E-state index contributed by atoms with van der Waals surface area (Å²) in [5, 5.41) is 20.6.